The zero-order chi connectivity index (χ0) is 18.1. The highest BCUT2D eigenvalue weighted by Gasteiger charge is 2.26. The van der Waals surface area contributed by atoms with Gasteiger partial charge in [-0.25, -0.2) is 18.4 Å². The Morgan fingerprint density at radius 1 is 1.15 bits per heavy atom. The fourth-order valence-corrected chi connectivity index (χ4v) is 5.13. The van der Waals surface area contributed by atoms with E-state index in [1.165, 1.54) is 0 Å². The molecule has 0 radical (unpaired) electrons. The van der Waals surface area contributed by atoms with Crippen molar-refractivity contribution in [2.45, 2.75) is 44.2 Å². The third kappa shape index (κ3) is 3.03. The van der Waals surface area contributed by atoms with Crippen molar-refractivity contribution in [3.05, 3.63) is 42.7 Å². The van der Waals surface area contributed by atoms with E-state index in [1.54, 1.807) is 29.0 Å². The van der Waals surface area contributed by atoms with Crippen LogP contribution in [0.15, 0.2) is 41.8 Å². The molecule has 0 N–H and O–H groups in total. The highest BCUT2D eigenvalue weighted by molar-refractivity contribution is 7.89. The van der Waals surface area contributed by atoms with E-state index < -0.39 is 10.0 Å². The third-order valence-electron chi connectivity index (χ3n) is 4.95. The van der Waals surface area contributed by atoms with E-state index in [0.29, 0.717) is 24.5 Å². The second kappa shape index (κ2) is 6.85. The van der Waals surface area contributed by atoms with Crippen LogP contribution in [0.1, 0.15) is 32.0 Å². The molecule has 0 amide bonds. The summed E-state index contributed by atoms with van der Waals surface area (Å²) in [5, 5.41) is 0. The topological polar surface area (TPSA) is 73.0 Å². The lowest BCUT2D eigenvalue weighted by Crippen LogP contribution is -2.35. The molecule has 0 aliphatic carbocycles. The van der Waals surface area contributed by atoms with Gasteiger partial charge in [-0.15, -0.1) is 0 Å². The summed E-state index contributed by atoms with van der Waals surface area (Å²) in [6.07, 6.45) is 8.35. The first kappa shape index (κ1) is 17.2. The summed E-state index contributed by atoms with van der Waals surface area (Å²) in [5.74, 6) is 0.896. The molecule has 1 saturated heterocycles. The second-order valence-corrected chi connectivity index (χ2v) is 8.56. The third-order valence-corrected chi connectivity index (χ3v) is 6.85. The van der Waals surface area contributed by atoms with Crippen molar-refractivity contribution in [3.63, 3.8) is 0 Å². The lowest BCUT2D eigenvalue weighted by Gasteiger charge is -2.25. The van der Waals surface area contributed by atoms with Gasteiger partial charge in [0.25, 0.3) is 0 Å². The van der Waals surface area contributed by atoms with E-state index in [9.17, 15) is 8.42 Å². The van der Waals surface area contributed by atoms with Gasteiger partial charge in [0.1, 0.15) is 5.82 Å². The van der Waals surface area contributed by atoms with Crippen molar-refractivity contribution in [3.8, 4) is 0 Å². The molecule has 7 nitrogen and oxygen atoms in total. The highest BCUT2D eigenvalue weighted by atomic mass is 32.2. The summed E-state index contributed by atoms with van der Waals surface area (Å²) in [5.41, 5.74) is 1.68. The number of rotatable bonds is 5. The number of hydrogen-bond donors (Lipinski definition) is 0. The molecule has 0 unspecified atom stereocenters. The molecule has 1 aliphatic rings. The van der Waals surface area contributed by atoms with Gasteiger partial charge in [-0.2, -0.15) is 4.31 Å². The standard InChI is InChI=1S/C18H23N5O2S/c1-2-23-17-7-6-15(26(24,25)22-9-4-3-5-10-22)12-16(17)20-18(23)13-21-11-8-19-14-21/h6-8,11-12,14H,2-5,9-10,13H2,1H3. The molecule has 4 rings (SSSR count). The number of sulfonamides is 1. The first-order valence-corrected chi connectivity index (χ1v) is 10.5. The van der Waals surface area contributed by atoms with Crippen LogP contribution in [0, 0.1) is 0 Å². The molecule has 138 valence electrons. The van der Waals surface area contributed by atoms with Gasteiger partial charge in [-0.1, -0.05) is 6.42 Å². The maximum absolute atomic E-state index is 12.9. The Labute approximate surface area is 153 Å². The lowest BCUT2D eigenvalue weighted by molar-refractivity contribution is 0.346. The lowest BCUT2D eigenvalue weighted by atomic mass is 10.2. The first-order valence-electron chi connectivity index (χ1n) is 9.04. The van der Waals surface area contributed by atoms with Crippen LogP contribution in [0.25, 0.3) is 11.0 Å². The van der Waals surface area contributed by atoms with Crippen molar-refractivity contribution < 1.29 is 8.42 Å². The van der Waals surface area contributed by atoms with E-state index in [4.69, 9.17) is 4.98 Å². The molecule has 1 fully saturated rings. The van der Waals surface area contributed by atoms with E-state index in [2.05, 4.69) is 16.5 Å². The van der Waals surface area contributed by atoms with E-state index >= 15 is 0 Å². The zero-order valence-electron chi connectivity index (χ0n) is 14.9. The summed E-state index contributed by atoms with van der Waals surface area (Å²) in [4.78, 5) is 9.11. The number of fused-ring (bicyclic) bond motifs is 1. The summed E-state index contributed by atoms with van der Waals surface area (Å²) in [6, 6.07) is 5.30. The Bertz CT molecular complexity index is 1000. The molecule has 0 saturated carbocycles. The van der Waals surface area contributed by atoms with Crippen LogP contribution < -0.4 is 0 Å². The molecular formula is C18H23N5O2S. The average Bonchev–Trinajstić information content (AvgIpc) is 3.29. The molecule has 0 spiro atoms. The molecule has 3 heterocycles. The monoisotopic (exact) mass is 373 g/mol. The minimum atomic E-state index is -3.44. The predicted octanol–water partition coefficient (Wildman–Crippen LogP) is 2.48. The van der Waals surface area contributed by atoms with Crippen LogP contribution >= 0.6 is 0 Å². The highest BCUT2D eigenvalue weighted by Crippen LogP contribution is 2.25. The molecule has 2 aromatic heterocycles. The minimum Gasteiger partial charge on any atom is -0.330 e. The zero-order valence-corrected chi connectivity index (χ0v) is 15.7. The Hall–Kier alpha value is -2.19. The van der Waals surface area contributed by atoms with Crippen LogP contribution in [0.4, 0.5) is 0 Å². The summed E-state index contributed by atoms with van der Waals surface area (Å²) in [6.45, 7) is 4.66. The molecule has 1 aromatic carbocycles. The second-order valence-electron chi connectivity index (χ2n) is 6.62. The van der Waals surface area contributed by atoms with Crippen LogP contribution in [0.5, 0.6) is 0 Å². The van der Waals surface area contributed by atoms with Gasteiger partial charge in [0.2, 0.25) is 10.0 Å². The Balaban J connectivity index is 1.73. The van der Waals surface area contributed by atoms with Crippen molar-refractivity contribution in [2.24, 2.45) is 0 Å². The van der Waals surface area contributed by atoms with Gasteiger partial charge in [0.15, 0.2) is 0 Å². The van der Waals surface area contributed by atoms with Crippen molar-refractivity contribution in [2.75, 3.05) is 13.1 Å². The van der Waals surface area contributed by atoms with E-state index in [0.717, 1.165) is 42.7 Å². The molecule has 0 bridgehead atoms. The Morgan fingerprint density at radius 3 is 2.65 bits per heavy atom. The maximum Gasteiger partial charge on any atom is 0.243 e. The molecule has 3 aromatic rings. The normalized spacial score (nSPS) is 16.3. The van der Waals surface area contributed by atoms with Gasteiger partial charge >= 0.3 is 0 Å². The Kier molecular flexibility index (Phi) is 4.54. The molecular weight excluding hydrogens is 350 g/mol. The maximum atomic E-state index is 12.9. The smallest absolute Gasteiger partial charge is 0.243 e. The van der Waals surface area contributed by atoms with Crippen molar-refractivity contribution >= 4 is 21.1 Å². The van der Waals surface area contributed by atoms with Crippen LogP contribution in [-0.2, 0) is 23.1 Å². The minimum absolute atomic E-state index is 0.335. The van der Waals surface area contributed by atoms with E-state index in [1.807, 2.05) is 16.8 Å². The van der Waals surface area contributed by atoms with Gasteiger partial charge in [0.05, 0.1) is 28.8 Å². The quantitative estimate of drug-likeness (QED) is 0.689. The van der Waals surface area contributed by atoms with Gasteiger partial charge in [-0.3, -0.25) is 0 Å². The largest absolute Gasteiger partial charge is 0.330 e. The number of aryl methyl sites for hydroxylation is 1. The fraction of sp³-hybridized carbons (Fsp3) is 0.444. The molecule has 8 heteroatoms. The van der Waals surface area contributed by atoms with Gasteiger partial charge in [0, 0.05) is 32.0 Å². The predicted molar refractivity (Wildman–Crippen MR) is 99.3 cm³/mol. The average molecular weight is 373 g/mol. The fourth-order valence-electron chi connectivity index (χ4n) is 3.59. The number of benzene rings is 1. The number of aromatic nitrogens is 4. The molecule has 1 aliphatic heterocycles. The molecule has 26 heavy (non-hydrogen) atoms. The summed E-state index contributed by atoms with van der Waals surface area (Å²) in [7, 11) is -3.44. The number of nitrogens with zero attached hydrogens (tertiary/aromatic N) is 5. The SMILES string of the molecule is CCn1c(Cn2ccnc2)nc2cc(S(=O)(=O)N3CCCCC3)ccc21. The first-order chi connectivity index (χ1) is 12.6. The number of imidazole rings is 2. The number of hydrogen-bond acceptors (Lipinski definition) is 4. The van der Waals surface area contributed by atoms with Gasteiger partial charge < -0.3 is 9.13 Å². The van der Waals surface area contributed by atoms with Crippen LogP contribution in [0.3, 0.4) is 0 Å². The van der Waals surface area contributed by atoms with E-state index in [-0.39, 0.29) is 0 Å². The summed E-state index contributed by atoms with van der Waals surface area (Å²) < 4.78 is 31.5. The van der Waals surface area contributed by atoms with Crippen molar-refractivity contribution in [1.82, 2.24) is 23.4 Å². The number of piperidine rings is 1. The van der Waals surface area contributed by atoms with Gasteiger partial charge in [-0.05, 0) is 38.0 Å². The Morgan fingerprint density at radius 2 is 1.96 bits per heavy atom. The summed E-state index contributed by atoms with van der Waals surface area (Å²) >= 11 is 0. The van der Waals surface area contributed by atoms with Crippen LogP contribution in [0.2, 0.25) is 0 Å². The van der Waals surface area contributed by atoms with Crippen LogP contribution in [-0.4, -0.2) is 44.9 Å². The van der Waals surface area contributed by atoms with Crippen molar-refractivity contribution in [1.29, 1.82) is 0 Å². The molecule has 0 atom stereocenters.